The van der Waals surface area contributed by atoms with Crippen molar-refractivity contribution in [2.24, 2.45) is 10.9 Å². The van der Waals surface area contributed by atoms with E-state index in [-0.39, 0.29) is 17.0 Å². The van der Waals surface area contributed by atoms with Gasteiger partial charge in [-0.3, -0.25) is 10.3 Å². The van der Waals surface area contributed by atoms with Crippen LogP contribution in [-0.4, -0.2) is 45.8 Å². The number of ether oxygens (including phenoxy) is 2. The molecule has 1 aromatic heterocycles. The average molecular weight is 463 g/mol. The van der Waals surface area contributed by atoms with E-state index in [1.165, 1.54) is 36.5 Å². The fraction of sp³-hybridized carbons (Fsp3) is 0.455. The Labute approximate surface area is 189 Å². The van der Waals surface area contributed by atoms with Crippen LogP contribution in [0.15, 0.2) is 35.8 Å². The van der Waals surface area contributed by atoms with Crippen LogP contribution >= 0.6 is 11.8 Å². The lowest BCUT2D eigenvalue weighted by Crippen LogP contribution is -2.48. The molecule has 2 aromatic rings. The van der Waals surface area contributed by atoms with Crippen molar-refractivity contribution in [2.45, 2.75) is 38.3 Å². The highest BCUT2D eigenvalue weighted by molar-refractivity contribution is 8.13. The second-order valence-corrected chi connectivity index (χ2v) is 9.75. The molecule has 2 aliphatic heterocycles. The molecule has 4 rings (SSSR count). The van der Waals surface area contributed by atoms with Crippen LogP contribution in [0.2, 0.25) is 0 Å². The third kappa shape index (κ3) is 4.61. The Balaban J connectivity index is 1.77. The Hall–Kier alpha value is -2.59. The number of nitrogens with one attached hydrogen (secondary N) is 1. The smallest absolute Gasteiger partial charge is 0.413 e. The van der Waals surface area contributed by atoms with E-state index in [1.54, 1.807) is 20.8 Å². The molecular weight excluding hydrogens is 438 g/mol. The highest BCUT2D eigenvalue weighted by Gasteiger charge is 2.47. The number of fused-ring (bicyclic) bond motifs is 1. The molecule has 1 aromatic carbocycles. The van der Waals surface area contributed by atoms with Gasteiger partial charge in [0.1, 0.15) is 23.6 Å². The highest BCUT2D eigenvalue weighted by atomic mass is 32.2. The fourth-order valence-corrected chi connectivity index (χ4v) is 5.05. The number of halogens is 2. The summed E-state index contributed by atoms with van der Waals surface area (Å²) >= 11 is 1.35. The number of carbonyl (C=O) groups is 1. The Kier molecular flexibility index (Phi) is 6.17. The second-order valence-electron chi connectivity index (χ2n) is 8.74. The molecule has 7 nitrogen and oxygen atoms in total. The van der Waals surface area contributed by atoms with Crippen LogP contribution in [0.4, 0.5) is 13.6 Å². The lowest BCUT2D eigenvalue weighted by Gasteiger charge is -2.44. The number of thioether (sulfide) groups is 1. The van der Waals surface area contributed by atoms with Gasteiger partial charge in [0.25, 0.3) is 0 Å². The van der Waals surface area contributed by atoms with Gasteiger partial charge >= 0.3 is 6.09 Å². The molecule has 1 N–H and O–H groups in total. The maximum absolute atomic E-state index is 15.2. The lowest BCUT2D eigenvalue weighted by molar-refractivity contribution is 0.00866. The predicted molar refractivity (Wildman–Crippen MR) is 117 cm³/mol. The molecule has 32 heavy (non-hydrogen) atoms. The van der Waals surface area contributed by atoms with Crippen molar-refractivity contribution >= 4 is 23.0 Å². The summed E-state index contributed by atoms with van der Waals surface area (Å²) in [5, 5.41) is 3.01. The zero-order chi connectivity index (χ0) is 22.9. The number of alkyl carbamates (subject to hydrolysis) is 1. The summed E-state index contributed by atoms with van der Waals surface area (Å²) in [7, 11) is 0. The summed E-state index contributed by atoms with van der Waals surface area (Å²) in [4.78, 5) is 25.0. The van der Waals surface area contributed by atoms with Gasteiger partial charge in [-0.2, -0.15) is 0 Å². The zero-order valence-corrected chi connectivity index (χ0v) is 18.8. The zero-order valence-electron chi connectivity index (χ0n) is 18.0. The van der Waals surface area contributed by atoms with Crippen molar-refractivity contribution in [1.82, 2.24) is 15.3 Å². The third-order valence-electron chi connectivity index (χ3n) is 5.35. The van der Waals surface area contributed by atoms with Gasteiger partial charge in [0, 0.05) is 59.8 Å². The summed E-state index contributed by atoms with van der Waals surface area (Å²) in [6.07, 6.45) is 4.05. The van der Waals surface area contributed by atoms with Gasteiger partial charge in [-0.1, -0.05) is 11.8 Å². The Bertz CT molecular complexity index is 1050. The van der Waals surface area contributed by atoms with Crippen LogP contribution in [-0.2, 0) is 15.0 Å². The molecule has 0 saturated carbocycles. The molecule has 2 aliphatic rings. The molecule has 2 unspecified atom stereocenters. The molecule has 2 atom stereocenters. The SMILES string of the molecule is CC(C)(C)OC(=O)NC1=NC2(c3cc(-c4cncnc4)c(F)cc3F)CCOCC2CS1. The van der Waals surface area contributed by atoms with Crippen molar-refractivity contribution in [3.05, 3.63) is 48.1 Å². The Morgan fingerprint density at radius 1 is 1.25 bits per heavy atom. The molecule has 3 heterocycles. The molecule has 10 heteroatoms. The van der Waals surface area contributed by atoms with E-state index in [0.29, 0.717) is 36.1 Å². The first-order chi connectivity index (χ1) is 15.2. The highest BCUT2D eigenvalue weighted by Crippen LogP contribution is 2.47. The largest absolute Gasteiger partial charge is 0.444 e. The van der Waals surface area contributed by atoms with Gasteiger partial charge in [-0.25, -0.2) is 23.5 Å². The molecule has 170 valence electrons. The van der Waals surface area contributed by atoms with E-state index in [4.69, 9.17) is 14.5 Å². The van der Waals surface area contributed by atoms with Crippen LogP contribution in [0.25, 0.3) is 11.1 Å². The number of amides is 1. The van der Waals surface area contributed by atoms with Gasteiger partial charge in [-0.05, 0) is 26.8 Å². The lowest BCUT2D eigenvalue weighted by atomic mass is 9.75. The first-order valence-electron chi connectivity index (χ1n) is 10.2. The molecule has 0 aliphatic carbocycles. The number of amidine groups is 1. The van der Waals surface area contributed by atoms with Crippen LogP contribution in [0.1, 0.15) is 32.8 Å². The van der Waals surface area contributed by atoms with Crippen molar-refractivity contribution in [2.75, 3.05) is 19.0 Å². The van der Waals surface area contributed by atoms with E-state index in [9.17, 15) is 9.18 Å². The number of aromatic nitrogens is 2. The Morgan fingerprint density at radius 2 is 2.00 bits per heavy atom. The summed E-state index contributed by atoms with van der Waals surface area (Å²) in [6, 6.07) is 2.35. The minimum absolute atomic E-state index is 0.148. The van der Waals surface area contributed by atoms with Crippen LogP contribution < -0.4 is 5.32 Å². The van der Waals surface area contributed by atoms with E-state index >= 15 is 4.39 Å². The first-order valence-corrected chi connectivity index (χ1v) is 11.2. The number of aliphatic imine (C=N–C) groups is 1. The van der Waals surface area contributed by atoms with Crippen LogP contribution in [0, 0.1) is 17.6 Å². The number of hydrogen-bond donors (Lipinski definition) is 1. The van der Waals surface area contributed by atoms with Gasteiger partial charge in [0.05, 0.1) is 12.1 Å². The topological polar surface area (TPSA) is 85.7 Å². The summed E-state index contributed by atoms with van der Waals surface area (Å²) in [6.45, 7) is 6.05. The van der Waals surface area contributed by atoms with E-state index in [1.807, 2.05) is 0 Å². The monoisotopic (exact) mass is 462 g/mol. The number of carbonyl (C=O) groups excluding carboxylic acids is 1. The van der Waals surface area contributed by atoms with Gasteiger partial charge in [0.15, 0.2) is 5.17 Å². The molecule has 1 fully saturated rings. The van der Waals surface area contributed by atoms with Crippen molar-refractivity contribution in [3.63, 3.8) is 0 Å². The molecule has 0 radical (unpaired) electrons. The van der Waals surface area contributed by atoms with Gasteiger partial charge < -0.3 is 9.47 Å². The number of benzene rings is 1. The van der Waals surface area contributed by atoms with Gasteiger partial charge in [-0.15, -0.1) is 0 Å². The predicted octanol–water partition coefficient (Wildman–Crippen LogP) is 4.28. The Morgan fingerprint density at radius 3 is 2.72 bits per heavy atom. The molecule has 0 bridgehead atoms. The van der Waals surface area contributed by atoms with Crippen LogP contribution in [0.5, 0.6) is 0 Å². The summed E-state index contributed by atoms with van der Waals surface area (Å²) in [5.41, 5.74) is -0.784. The van der Waals surface area contributed by atoms with Crippen LogP contribution in [0.3, 0.4) is 0 Å². The van der Waals surface area contributed by atoms with Crippen molar-refractivity contribution in [1.29, 1.82) is 0 Å². The number of rotatable bonds is 2. The maximum Gasteiger partial charge on any atom is 0.413 e. The van der Waals surface area contributed by atoms with Crippen molar-refractivity contribution < 1.29 is 23.0 Å². The average Bonchev–Trinajstić information content (AvgIpc) is 2.72. The molecule has 0 spiro atoms. The quantitative estimate of drug-likeness (QED) is 0.717. The third-order valence-corrected chi connectivity index (χ3v) is 6.38. The van der Waals surface area contributed by atoms with E-state index < -0.39 is 28.9 Å². The fourth-order valence-electron chi connectivity index (χ4n) is 3.93. The van der Waals surface area contributed by atoms with Gasteiger partial charge in [0.2, 0.25) is 0 Å². The van der Waals surface area contributed by atoms with E-state index in [2.05, 4.69) is 15.3 Å². The van der Waals surface area contributed by atoms with E-state index in [0.717, 1.165) is 6.07 Å². The number of hydrogen-bond acceptors (Lipinski definition) is 7. The summed E-state index contributed by atoms with van der Waals surface area (Å²) in [5.74, 6) is -0.996. The molecular formula is C22H24F2N4O3S. The minimum atomic E-state index is -1.00. The normalized spacial score (nSPS) is 23.2. The minimum Gasteiger partial charge on any atom is -0.444 e. The van der Waals surface area contributed by atoms with Crippen molar-refractivity contribution in [3.8, 4) is 11.1 Å². The summed E-state index contributed by atoms with van der Waals surface area (Å²) < 4.78 is 40.8. The first kappa shape index (κ1) is 22.6. The maximum atomic E-state index is 15.2. The standard InChI is InChI=1S/C22H24F2N4O3S/c1-21(2,3)31-20(29)27-19-28-22(4-5-30-10-14(22)11-32-19)16-6-15(17(23)7-18(16)24)13-8-25-12-26-9-13/h6-9,12,14H,4-5,10-11H2,1-3H3,(H,27,28,29). The molecule has 1 saturated heterocycles. The second kappa shape index (κ2) is 8.74. The molecule has 1 amide bonds. The number of nitrogens with zero attached hydrogens (tertiary/aromatic N) is 3.